The zero-order valence-electron chi connectivity index (χ0n) is 18.3. The highest BCUT2D eigenvalue weighted by Crippen LogP contribution is 2.32. The van der Waals surface area contributed by atoms with Gasteiger partial charge in [0.25, 0.3) is 10.8 Å². The monoisotopic (exact) mass is 464 g/mol. The number of methoxy groups -OCH3 is 1. The van der Waals surface area contributed by atoms with Crippen LogP contribution in [0.3, 0.4) is 0 Å². The topological polar surface area (TPSA) is 86.5 Å². The fourth-order valence-corrected chi connectivity index (χ4v) is 4.93. The van der Waals surface area contributed by atoms with Gasteiger partial charge in [-0.05, 0) is 24.3 Å². The lowest BCUT2D eigenvalue weighted by Gasteiger charge is -2.31. The minimum absolute atomic E-state index is 0.0313. The predicted molar refractivity (Wildman–Crippen MR) is 127 cm³/mol. The molecule has 5 rings (SSSR count). The van der Waals surface area contributed by atoms with Gasteiger partial charge >= 0.3 is 0 Å². The van der Waals surface area contributed by atoms with E-state index in [9.17, 15) is 9.59 Å². The molecule has 0 atom stereocenters. The van der Waals surface area contributed by atoms with Crippen LogP contribution in [0, 0.1) is 0 Å². The SMILES string of the molecule is COc1ccc2sc(OC3CCN(C(=O)CCn4cnc5ccccc5c4=O)CC3)nc2c1. The van der Waals surface area contributed by atoms with Crippen molar-refractivity contribution in [3.05, 3.63) is 59.1 Å². The Bertz CT molecular complexity index is 1360. The fraction of sp³-hybridized carbons (Fsp3) is 0.333. The maximum Gasteiger partial charge on any atom is 0.274 e. The molecule has 0 saturated carbocycles. The Balaban J connectivity index is 1.15. The van der Waals surface area contributed by atoms with Crippen LogP contribution >= 0.6 is 11.3 Å². The van der Waals surface area contributed by atoms with Gasteiger partial charge in [0.15, 0.2) is 0 Å². The number of thiazole rings is 1. The zero-order valence-corrected chi connectivity index (χ0v) is 19.1. The summed E-state index contributed by atoms with van der Waals surface area (Å²) in [6, 6.07) is 13.0. The molecule has 3 heterocycles. The number of fused-ring (bicyclic) bond motifs is 2. The Labute approximate surface area is 194 Å². The molecule has 2 aromatic heterocycles. The Morgan fingerprint density at radius 2 is 1.97 bits per heavy atom. The maximum absolute atomic E-state index is 12.7. The maximum atomic E-state index is 12.7. The molecular weight excluding hydrogens is 440 g/mol. The Hall–Kier alpha value is -3.46. The van der Waals surface area contributed by atoms with Crippen LogP contribution in [0.5, 0.6) is 10.9 Å². The summed E-state index contributed by atoms with van der Waals surface area (Å²) in [6.45, 7) is 1.58. The van der Waals surface area contributed by atoms with E-state index in [1.165, 1.54) is 22.2 Å². The van der Waals surface area contributed by atoms with Gasteiger partial charge in [0.05, 0.1) is 34.6 Å². The number of aromatic nitrogens is 3. The average molecular weight is 465 g/mol. The second-order valence-corrected chi connectivity index (χ2v) is 9.01. The molecule has 8 nitrogen and oxygen atoms in total. The van der Waals surface area contributed by atoms with Crippen molar-refractivity contribution < 1.29 is 14.3 Å². The number of amides is 1. The molecule has 2 aromatic carbocycles. The van der Waals surface area contributed by atoms with Gasteiger partial charge in [-0.2, -0.15) is 0 Å². The van der Waals surface area contributed by atoms with Crippen LogP contribution < -0.4 is 15.0 Å². The normalized spacial score (nSPS) is 14.6. The van der Waals surface area contributed by atoms with Crippen molar-refractivity contribution in [2.75, 3.05) is 20.2 Å². The molecule has 1 amide bonds. The second-order valence-electron chi connectivity index (χ2n) is 8.02. The summed E-state index contributed by atoms with van der Waals surface area (Å²) in [5.41, 5.74) is 1.41. The number of para-hydroxylation sites is 1. The van der Waals surface area contributed by atoms with E-state index in [1.54, 1.807) is 13.2 Å². The van der Waals surface area contributed by atoms with E-state index in [1.807, 2.05) is 41.3 Å². The first kappa shape index (κ1) is 21.4. The van der Waals surface area contributed by atoms with Crippen molar-refractivity contribution in [3.8, 4) is 10.9 Å². The molecular formula is C24H24N4O4S. The lowest BCUT2D eigenvalue weighted by molar-refractivity contribution is -0.133. The highest BCUT2D eigenvalue weighted by molar-refractivity contribution is 7.20. The second kappa shape index (κ2) is 9.19. The van der Waals surface area contributed by atoms with Crippen LogP contribution in [0.2, 0.25) is 0 Å². The smallest absolute Gasteiger partial charge is 0.274 e. The number of hydrogen-bond acceptors (Lipinski definition) is 7. The third kappa shape index (κ3) is 4.54. The molecule has 0 spiro atoms. The molecule has 0 aliphatic carbocycles. The van der Waals surface area contributed by atoms with Crippen molar-refractivity contribution in [1.29, 1.82) is 0 Å². The number of aryl methyl sites for hydroxylation is 1. The van der Waals surface area contributed by atoms with Crippen molar-refractivity contribution >= 4 is 38.4 Å². The van der Waals surface area contributed by atoms with E-state index < -0.39 is 0 Å². The molecule has 0 bridgehead atoms. The summed E-state index contributed by atoms with van der Waals surface area (Å²) < 4.78 is 13.9. The van der Waals surface area contributed by atoms with Gasteiger partial charge in [0.2, 0.25) is 5.91 Å². The zero-order chi connectivity index (χ0) is 22.8. The number of benzene rings is 2. The minimum atomic E-state index is -0.117. The van der Waals surface area contributed by atoms with Gasteiger partial charge in [-0.1, -0.05) is 23.5 Å². The standard InChI is InChI=1S/C24H24N4O4S/c1-31-17-6-7-21-20(14-17)26-24(33-21)32-16-8-11-27(12-9-16)22(29)10-13-28-15-25-19-5-3-2-4-18(19)23(28)30/h2-7,14-16H,8-13H2,1H3. The van der Waals surface area contributed by atoms with Crippen LogP contribution in [0.4, 0.5) is 0 Å². The minimum Gasteiger partial charge on any atom is -0.497 e. The Kier molecular flexibility index (Phi) is 5.95. The summed E-state index contributed by atoms with van der Waals surface area (Å²) >= 11 is 1.52. The molecule has 0 N–H and O–H groups in total. The van der Waals surface area contributed by atoms with Gasteiger partial charge in [0.1, 0.15) is 11.9 Å². The summed E-state index contributed by atoms with van der Waals surface area (Å²) in [5.74, 6) is 0.813. The molecule has 1 aliphatic rings. The first-order valence-corrected chi connectivity index (χ1v) is 11.8. The summed E-state index contributed by atoms with van der Waals surface area (Å²) in [5, 5.41) is 1.21. The molecule has 1 saturated heterocycles. The van der Waals surface area contributed by atoms with Crippen LogP contribution in [-0.4, -0.2) is 51.6 Å². The molecule has 33 heavy (non-hydrogen) atoms. The number of piperidine rings is 1. The lowest BCUT2D eigenvalue weighted by Crippen LogP contribution is -2.42. The number of rotatable bonds is 6. The van der Waals surface area contributed by atoms with Gasteiger partial charge in [-0.25, -0.2) is 9.97 Å². The largest absolute Gasteiger partial charge is 0.497 e. The van der Waals surface area contributed by atoms with Gasteiger partial charge in [0, 0.05) is 45.0 Å². The van der Waals surface area contributed by atoms with E-state index in [0.717, 1.165) is 28.8 Å². The van der Waals surface area contributed by atoms with Crippen molar-refractivity contribution in [1.82, 2.24) is 19.4 Å². The number of carbonyl (C=O) groups excluding carboxylic acids is 1. The van der Waals surface area contributed by atoms with E-state index in [-0.39, 0.29) is 24.0 Å². The quantitative estimate of drug-likeness (QED) is 0.434. The third-order valence-corrected chi connectivity index (χ3v) is 6.86. The first-order valence-electron chi connectivity index (χ1n) is 10.9. The molecule has 170 valence electrons. The Morgan fingerprint density at radius 3 is 2.79 bits per heavy atom. The number of ether oxygens (including phenoxy) is 2. The van der Waals surface area contributed by atoms with E-state index in [2.05, 4.69) is 9.97 Å². The van der Waals surface area contributed by atoms with Crippen LogP contribution in [0.1, 0.15) is 19.3 Å². The van der Waals surface area contributed by atoms with Crippen LogP contribution in [0.25, 0.3) is 21.1 Å². The Morgan fingerprint density at radius 1 is 1.15 bits per heavy atom. The van der Waals surface area contributed by atoms with Gasteiger partial charge in [-0.3, -0.25) is 14.2 Å². The van der Waals surface area contributed by atoms with E-state index in [4.69, 9.17) is 9.47 Å². The lowest BCUT2D eigenvalue weighted by atomic mass is 10.1. The van der Waals surface area contributed by atoms with Crippen molar-refractivity contribution in [2.24, 2.45) is 0 Å². The molecule has 4 aromatic rings. The molecule has 9 heteroatoms. The van der Waals surface area contributed by atoms with Gasteiger partial charge < -0.3 is 14.4 Å². The highest BCUT2D eigenvalue weighted by atomic mass is 32.1. The third-order valence-electron chi connectivity index (χ3n) is 5.94. The van der Waals surface area contributed by atoms with E-state index >= 15 is 0 Å². The van der Waals surface area contributed by atoms with Crippen LogP contribution in [-0.2, 0) is 11.3 Å². The average Bonchev–Trinajstić information content (AvgIpc) is 3.25. The fourth-order valence-electron chi connectivity index (χ4n) is 4.07. The van der Waals surface area contributed by atoms with Gasteiger partial charge in [-0.15, -0.1) is 0 Å². The number of likely N-dealkylation sites (tertiary alicyclic amines) is 1. The summed E-state index contributed by atoms with van der Waals surface area (Å²) in [7, 11) is 1.64. The molecule has 1 fully saturated rings. The van der Waals surface area contributed by atoms with Crippen molar-refractivity contribution in [2.45, 2.75) is 31.9 Å². The summed E-state index contributed by atoms with van der Waals surface area (Å²) in [6.07, 6.45) is 3.32. The molecule has 0 radical (unpaired) electrons. The van der Waals surface area contributed by atoms with E-state index in [0.29, 0.717) is 35.7 Å². The number of hydrogen-bond donors (Lipinski definition) is 0. The molecule has 1 aliphatic heterocycles. The predicted octanol–water partition coefficient (Wildman–Crippen LogP) is 3.47. The first-order chi connectivity index (χ1) is 16.1. The number of carbonyl (C=O) groups is 1. The number of nitrogens with zero attached hydrogens (tertiary/aromatic N) is 4. The van der Waals surface area contributed by atoms with Crippen molar-refractivity contribution in [3.63, 3.8) is 0 Å². The van der Waals surface area contributed by atoms with Crippen LogP contribution in [0.15, 0.2) is 53.6 Å². The summed E-state index contributed by atoms with van der Waals surface area (Å²) in [4.78, 5) is 36.0. The highest BCUT2D eigenvalue weighted by Gasteiger charge is 2.24. The molecule has 0 unspecified atom stereocenters.